The molecule has 0 spiro atoms. The zero-order valence-electron chi connectivity index (χ0n) is 18.6. The highest BCUT2D eigenvalue weighted by Crippen LogP contribution is 2.33. The van der Waals surface area contributed by atoms with Crippen LogP contribution in [0, 0.1) is 0 Å². The van der Waals surface area contributed by atoms with Crippen LogP contribution in [0.3, 0.4) is 0 Å². The fourth-order valence-electron chi connectivity index (χ4n) is 3.86. The first-order valence-electron chi connectivity index (χ1n) is 10.7. The fraction of sp³-hybridized carbons (Fsp3) is 0.391. The van der Waals surface area contributed by atoms with Gasteiger partial charge in [-0.3, -0.25) is 9.52 Å². The average molecular weight is 490 g/mol. The van der Waals surface area contributed by atoms with E-state index in [0.717, 1.165) is 35.9 Å². The van der Waals surface area contributed by atoms with Crippen LogP contribution in [-0.4, -0.2) is 49.6 Å². The third kappa shape index (κ3) is 6.20. The number of amides is 1. The number of benzene rings is 2. The lowest BCUT2D eigenvalue weighted by atomic mass is 10.1. The van der Waals surface area contributed by atoms with E-state index in [1.165, 1.54) is 29.6 Å². The van der Waals surface area contributed by atoms with Gasteiger partial charge < -0.3 is 9.47 Å². The van der Waals surface area contributed by atoms with Crippen molar-refractivity contribution in [1.82, 2.24) is 5.01 Å². The molecule has 2 aromatic carbocycles. The van der Waals surface area contributed by atoms with Crippen LogP contribution in [0.4, 0.5) is 10.5 Å². The molecule has 2 aromatic rings. The molecule has 33 heavy (non-hydrogen) atoms. The smallest absolute Gasteiger partial charge is 0.302 e. The molecule has 1 aliphatic heterocycles. The van der Waals surface area contributed by atoms with Gasteiger partial charge in [0.05, 0.1) is 31.7 Å². The van der Waals surface area contributed by atoms with Crippen LogP contribution >= 0.6 is 11.8 Å². The number of ether oxygens (including phenoxy) is 2. The molecule has 8 nitrogen and oxygen atoms in total. The monoisotopic (exact) mass is 489 g/mol. The Kier molecular flexibility index (Phi) is 7.14. The Hall–Kier alpha value is -2.72. The van der Waals surface area contributed by atoms with Crippen LogP contribution in [0.15, 0.2) is 47.6 Å². The predicted molar refractivity (Wildman–Crippen MR) is 131 cm³/mol. The average Bonchev–Trinajstić information content (AvgIpc) is 3.29. The van der Waals surface area contributed by atoms with E-state index in [1.54, 1.807) is 31.4 Å². The van der Waals surface area contributed by atoms with Crippen molar-refractivity contribution in [3.63, 3.8) is 0 Å². The molecule has 2 aliphatic rings. The predicted octanol–water partition coefficient (Wildman–Crippen LogP) is 4.46. The molecule has 10 heteroatoms. The summed E-state index contributed by atoms with van der Waals surface area (Å²) in [6.45, 7) is 0.288. The van der Waals surface area contributed by atoms with Gasteiger partial charge >= 0.3 is 5.24 Å². The molecule has 176 valence electrons. The van der Waals surface area contributed by atoms with Crippen LogP contribution < -0.4 is 14.2 Å². The molecule has 1 heterocycles. The van der Waals surface area contributed by atoms with Gasteiger partial charge in [0.25, 0.3) is 0 Å². The van der Waals surface area contributed by atoms with Gasteiger partial charge in [-0.25, -0.2) is 13.4 Å². The number of rotatable bonds is 8. The summed E-state index contributed by atoms with van der Waals surface area (Å²) in [5.74, 6) is 1.86. The third-order valence-corrected chi connectivity index (χ3v) is 6.95. The maximum Gasteiger partial charge on any atom is 0.302 e. The SMILES string of the molecule is COc1ccc(C2=NN(Cc3ccc(NS(C)(=O)=O)cc3)C(=O)SC2)cc1OC1CCCC1. The highest BCUT2D eigenvalue weighted by Gasteiger charge is 2.24. The van der Waals surface area contributed by atoms with Gasteiger partial charge in [-0.1, -0.05) is 23.9 Å². The largest absolute Gasteiger partial charge is 0.493 e. The molecule has 0 unspecified atom stereocenters. The van der Waals surface area contributed by atoms with E-state index in [9.17, 15) is 13.2 Å². The highest BCUT2D eigenvalue weighted by atomic mass is 32.2. The Morgan fingerprint density at radius 2 is 1.85 bits per heavy atom. The number of carbonyl (C=O) groups is 1. The maximum atomic E-state index is 12.5. The number of carbonyl (C=O) groups excluding carboxylic acids is 1. The van der Waals surface area contributed by atoms with Gasteiger partial charge in [0.2, 0.25) is 10.0 Å². The number of hydrazone groups is 1. The maximum absolute atomic E-state index is 12.5. The van der Waals surface area contributed by atoms with E-state index >= 15 is 0 Å². The number of hydrogen-bond donors (Lipinski definition) is 1. The van der Waals surface area contributed by atoms with Gasteiger partial charge in [-0.15, -0.1) is 0 Å². The Morgan fingerprint density at radius 1 is 1.12 bits per heavy atom. The lowest BCUT2D eigenvalue weighted by Gasteiger charge is -2.24. The first kappa shape index (κ1) is 23.4. The Morgan fingerprint density at radius 3 is 2.52 bits per heavy atom. The molecule has 0 aromatic heterocycles. The molecule has 1 saturated carbocycles. The minimum Gasteiger partial charge on any atom is -0.493 e. The highest BCUT2D eigenvalue weighted by molar-refractivity contribution is 8.14. The van der Waals surface area contributed by atoms with Crippen molar-refractivity contribution >= 4 is 38.4 Å². The van der Waals surface area contributed by atoms with E-state index < -0.39 is 10.0 Å². The van der Waals surface area contributed by atoms with Crippen molar-refractivity contribution in [2.45, 2.75) is 38.3 Å². The normalized spacial score (nSPS) is 17.1. The van der Waals surface area contributed by atoms with Gasteiger partial charge in [0.1, 0.15) is 0 Å². The molecule has 1 amide bonds. The molecule has 1 fully saturated rings. The van der Waals surface area contributed by atoms with E-state index in [4.69, 9.17) is 9.47 Å². The van der Waals surface area contributed by atoms with Crippen molar-refractivity contribution in [2.24, 2.45) is 5.10 Å². The van der Waals surface area contributed by atoms with Gasteiger partial charge in [-0.2, -0.15) is 5.10 Å². The van der Waals surface area contributed by atoms with Crippen LogP contribution in [0.5, 0.6) is 11.5 Å². The summed E-state index contributed by atoms with van der Waals surface area (Å²) in [5.41, 5.74) is 2.99. The second-order valence-electron chi connectivity index (χ2n) is 8.12. The number of sulfonamides is 1. The lowest BCUT2D eigenvalue weighted by Crippen LogP contribution is -2.29. The number of hydrogen-bond acceptors (Lipinski definition) is 7. The first-order valence-corrected chi connectivity index (χ1v) is 13.6. The summed E-state index contributed by atoms with van der Waals surface area (Å²) in [7, 11) is -1.71. The van der Waals surface area contributed by atoms with E-state index in [1.807, 2.05) is 18.2 Å². The fourth-order valence-corrected chi connectivity index (χ4v) is 5.16. The van der Waals surface area contributed by atoms with Crippen LogP contribution in [0.2, 0.25) is 0 Å². The topological polar surface area (TPSA) is 97.3 Å². The molecule has 0 atom stereocenters. The zero-order valence-corrected chi connectivity index (χ0v) is 20.2. The summed E-state index contributed by atoms with van der Waals surface area (Å²) >= 11 is 1.20. The van der Waals surface area contributed by atoms with Crippen LogP contribution in [-0.2, 0) is 16.6 Å². The zero-order chi connectivity index (χ0) is 23.4. The summed E-state index contributed by atoms with van der Waals surface area (Å²) in [6, 6.07) is 12.6. The van der Waals surface area contributed by atoms with Crippen molar-refractivity contribution in [3.8, 4) is 11.5 Å². The number of nitrogens with zero attached hydrogens (tertiary/aromatic N) is 2. The van der Waals surface area contributed by atoms with Crippen molar-refractivity contribution in [1.29, 1.82) is 0 Å². The Labute approximate surface area is 198 Å². The summed E-state index contributed by atoms with van der Waals surface area (Å²) in [5, 5.41) is 5.91. The molecule has 0 radical (unpaired) electrons. The molecule has 1 N–H and O–H groups in total. The first-order chi connectivity index (χ1) is 15.8. The minimum absolute atomic E-state index is 0.131. The number of thioether (sulfide) groups is 1. The van der Waals surface area contributed by atoms with Crippen molar-refractivity contribution < 1.29 is 22.7 Å². The number of nitrogens with one attached hydrogen (secondary N) is 1. The molecule has 0 saturated heterocycles. The Balaban J connectivity index is 1.52. The molecular weight excluding hydrogens is 462 g/mol. The standard InChI is InChI=1S/C23H27N3O5S2/c1-30-21-12-9-17(13-22(21)31-19-5-3-4-6-19)20-15-32-23(27)26(24-20)14-16-7-10-18(11-8-16)25-33(2,28)29/h7-13,19,25H,3-6,14-15H2,1-2H3. The van der Waals surface area contributed by atoms with Crippen molar-refractivity contribution in [2.75, 3.05) is 23.8 Å². The second kappa shape index (κ2) is 10.0. The Bertz CT molecular complexity index is 1140. The summed E-state index contributed by atoms with van der Waals surface area (Å²) in [6.07, 6.45) is 5.76. The number of anilines is 1. The van der Waals surface area contributed by atoms with Gasteiger partial charge in [0, 0.05) is 17.0 Å². The molecule has 1 aliphatic carbocycles. The quantitative estimate of drug-likeness (QED) is 0.588. The molecular formula is C23H27N3O5S2. The van der Waals surface area contributed by atoms with Crippen LogP contribution in [0.1, 0.15) is 36.8 Å². The minimum atomic E-state index is -3.34. The lowest BCUT2D eigenvalue weighted by molar-refractivity contribution is 0.201. The van der Waals surface area contributed by atoms with E-state index in [0.29, 0.717) is 22.9 Å². The van der Waals surface area contributed by atoms with Gasteiger partial charge in [-0.05, 0) is 61.6 Å². The van der Waals surface area contributed by atoms with E-state index in [-0.39, 0.29) is 17.9 Å². The summed E-state index contributed by atoms with van der Waals surface area (Å²) < 4.78 is 36.9. The number of methoxy groups -OCH3 is 1. The van der Waals surface area contributed by atoms with E-state index in [2.05, 4.69) is 9.82 Å². The van der Waals surface area contributed by atoms with Gasteiger partial charge in [0.15, 0.2) is 11.5 Å². The summed E-state index contributed by atoms with van der Waals surface area (Å²) in [4.78, 5) is 12.5. The second-order valence-corrected chi connectivity index (χ2v) is 10.8. The van der Waals surface area contributed by atoms with Crippen LogP contribution in [0.25, 0.3) is 0 Å². The molecule has 4 rings (SSSR count). The third-order valence-electron chi connectivity index (χ3n) is 5.47. The molecule has 0 bridgehead atoms. The van der Waals surface area contributed by atoms with Crippen molar-refractivity contribution in [3.05, 3.63) is 53.6 Å².